The largest absolute Gasteiger partial charge is 0.460 e. The highest BCUT2D eigenvalue weighted by Crippen LogP contribution is 2.02. The second-order valence-corrected chi connectivity index (χ2v) is 6.17. The van der Waals surface area contributed by atoms with Crippen molar-refractivity contribution in [3.05, 3.63) is 71.8 Å². The highest BCUT2D eigenvalue weighted by molar-refractivity contribution is 6.40. The third-order valence-corrected chi connectivity index (χ3v) is 3.90. The molecule has 0 spiro atoms. The van der Waals surface area contributed by atoms with Gasteiger partial charge in [-0.1, -0.05) is 48.5 Å². The molecule has 0 aliphatic rings. The third kappa shape index (κ3) is 9.99. The molecule has 0 saturated heterocycles. The standard InChI is InChI=1S/C23H26O8/c24-21(19-7-3-1-4-8-19)23(26)31-18-16-29-14-12-27-11-13-28-15-17-30-22(25)20-9-5-2-6-10-20/h1-10H,11-18H2. The lowest BCUT2D eigenvalue weighted by Crippen LogP contribution is -2.20. The van der Waals surface area contributed by atoms with Crippen LogP contribution in [0.2, 0.25) is 0 Å². The molecule has 31 heavy (non-hydrogen) atoms. The predicted molar refractivity (Wildman–Crippen MR) is 111 cm³/mol. The van der Waals surface area contributed by atoms with Crippen molar-refractivity contribution in [3.8, 4) is 0 Å². The summed E-state index contributed by atoms with van der Waals surface area (Å²) in [6.07, 6.45) is 0. The first kappa shape index (κ1) is 24.2. The number of benzene rings is 2. The smallest absolute Gasteiger partial charge is 0.379 e. The van der Waals surface area contributed by atoms with Crippen molar-refractivity contribution in [1.29, 1.82) is 0 Å². The number of esters is 2. The second kappa shape index (κ2) is 14.8. The molecule has 166 valence electrons. The van der Waals surface area contributed by atoms with Crippen LogP contribution in [-0.2, 0) is 28.5 Å². The Kier molecular flexibility index (Phi) is 11.6. The van der Waals surface area contributed by atoms with Crippen molar-refractivity contribution in [1.82, 2.24) is 0 Å². The molecule has 0 N–H and O–H groups in total. The minimum Gasteiger partial charge on any atom is -0.460 e. The van der Waals surface area contributed by atoms with E-state index in [1.807, 2.05) is 6.07 Å². The van der Waals surface area contributed by atoms with E-state index in [1.54, 1.807) is 54.6 Å². The van der Waals surface area contributed by atoms with E-state index in [0.29, 0.717) is 37.6 Å². The van der Waals surface area contributed by atoms with Gasteiger partial charge in [-0.2, -0.15) is 0 Å². The topological polar surface area (TPSA) is 97.4 Å². The number of hydrogen-bond acceptors (Lipinski definition) is 8. The maximum atomic E-state index is 11.8. The molecule has 8 heteroatoms. The van der Waals surface area contributed by atoms with Crippen LogP contribution in [0.5, 0.6) is 0 Å². The van der Waals surface area contributed by atoms with E-state index in [-0.39, 0.29) is 32.4 Å². The fourth-order valence-corrected chi connectivity index (χ4v) is 2.36. The Morgan fingerprint density at radius 3 is 1.45 bits per heavy atom. The quantitative estimate of drug-likeness (QED) is 0.184. The number of carbonyl (C=O) groups excluding carboxylic acids is 3. The van der Waals surface area contributed by atoms with Crippen LogP contribution in [0, 0.1) is 0 Å². The van der Waals surface area contributed by atoms with Crippen molar-refractivity contribution < 1.29 is 38.1 Å². The van der Waals surface area contributed by atoms with Crippen molar-refractivity contribution in [3.63, 3.8) is 0 Å². The first-order valence-corrected chi connectivity index (χ1v) is 9.90. The Morgan fingerprint density at radius 2 is 0.935 bits per heavy atom. The van der Waals surface area contributed by atoms with E-state index in [4.69, 9.17) is 23.7 Å². The van der Waals surface area contributed by atoms with Crippen LogP contribution < -0.4 is 0 Å². The number of Topliss-reactive ketones (excluding diaryl/α,β-unsaturated/α-hetero) is 1. The average Bonchev–Trinajstić information content (AvgIpc) is 2.82. The van der Waals surface area contributed by atoms with Gasteiger partial charge in [0.05, 0.1) is 45.2 Å². The molecule has 2 rings (SSSR count). The number of rotatable bonds is 15. The van der Waals surface area contributed by atoms with Gasteiger partial charge < -0.3 is 23.7 Å². The number of carbonyl (C=O) groups is 3. The minimum absolute atomic E-state index is 0.0117. The Hall–Kier alpha value is -3.07. The molecule has 0 amide bonds. The zero-order valence-corrected chi connectivity index (χ0v) is 17.2. The second-order valence-electron chi connectivity index (χ2n) is 6.17. The summed E-state index contributed by atoms with van der Waals surface area (Å²) in [5.41, 5.74) is 0.793. The molecule has 0 unspecified atom stereocenters. The van der Waals surface area contributed by atoms with Gasteiger partial charge in [0.1, 0.15) is 13.2 Å². The first-order valence-electron chi connectivity index (χ1n) is 9.90. The summed E-state index contributed by atoms with van der Waals surface area (Å²) in [4.78, 5) is 35.1. The van der Waals surface area contributed by atoms with Gasteiger partial charge in [0.2, 0.25) is 0 Å². The lowest BCUT2D eigenvalue weighted by atomic mass is 10.1. The van der Waals surface area contributed by atoms with E-state index in [1.165, 1.54) is 0 Å². The van der Waals surface area contributed by atoms with E-state index < -0.39 is 11.8 Å². The minimum atomic E-state index is -0.905. The maximum absolute atomic E-state index is 11.8. The molecule has 2 aromatic carbocycles. The number of ketones is 1. The molecule has 0 aliphatic carbocycles. The van der Waals surface area contributed by atoms with Gasteiger partial charge in [0.25, 0.3) is 5.78 Å². The van der Waals surface area contributed by atoms with Gasteiger partial charge in [0.15, 0.2) is 0 Å². The first-order chi connectivity index (χ1) is 15.2. The lowest BCUT2D eigenvalue weighted by molar-refractivity contribution is -0.139. The Bertz CT molecular complexity index is 792. The Labute approximate surface area is 181 Å². The van der Waals surface area contributed by atoms with E-state index in [9.17, 15) is 14.4 Å². The van der Waals surface area contributed by atoms with E-state index >= 15 is 0 Å². The van der Waals surface area contributed by atoms with Crippen LogP contribution in [0.3, 0.4) is 0 Å². The molecule has 0 aliphatic heterocycles. The molecule has 0 heterocycles. The summed E-state index contributed by atoms with van der Waals surface area (Å²) in [5, 5.41) is 0. The van der Waals surface area contributed by atoms with Crippen LogP contribution in [0.4, 0.5) is 0 Å². The number of ether oxygens (including phenoxy) is 5. The Morgan fingerprint density at radius 1 is 0.516 bits per heavy atom. The van der Waals surface area contributed by atoms with Crippen LogP contribution >= 0.6 is 0 Å². The van der Waals surface area contributed by atoms with Crippen molar-refractivity contribution in [2.75, 3.05) is 52.9 Å². The molecule has 0 bridgehead atoms. The van der Waals surface area contributed by atoms with Crippen molar-refractivity contribution in [2.45, 2.75) is 0 Å². The Balaban J connectivity index is 1.36. The van der Waals surface area contributed by atoms with E-state index in [2.05, 4.69) is 0 Å². The highest BCUT2D eigenvalue weighted by atomic mass is 16.6. The third-order valence-electron chi connectivity index (χ3n) is 3.90. The van der Waals surface area contributed by atoms with Crippen LogP contribution in [0.1, 0.15) is 20.7 Å². The molecule has 2 aromatic rings. The summed E-state index contributed by atoms with van der Waals surface area (Å²) >= 11 is 0. The van der Waals surface area contributed by atoms with Gasteiger partial charge in [-0.3, -0.25) is 4.79 Å². The highest BCUT2D eigenvalue weighted by Gasteiger charge is 2.17. The van der Waals surface area contributed by atoms with Crippen LogP contribution in [-0.4, -0.2) is 70.6 Å². The zero-order valence-electron chi connectivity index (χ0n) is 17.2. The van der Waals surface area contributed by atoms with Gasteiger partial charge in [-0.05, 0) is 12.1 Å². The average molecular weight is 430 g/mol. The van der Waals surface area contributed by atoms with Gasteiger partial charge in [0, 0.05) is 5.56 Å². The van der Waals surface area contributed by atoms with Crippen LogP contribution in [0.15, 0.2) is 60.7 Å². The maximum Gasteiger partial charge on any atom is 0.379 e. The molecular weight excluding hydrogens is 404 g/mol. The summed E-state index contributed by atoms with van der Waals surface area (Å²) in [5.74, 6) is -1.97. The zero-order chi connectivity index (χ0) is 22.2. The molecule has 0 saturated carbocycles. The molecule has 8 nitrogen and oxygen atoms in total. The normalized spacial score (nSPS) is 10.5. The monoisotopic (exact) mass is 430 g/mol. The summed E-state index contributed by atoms with van der Waals surface area (Å²) < 4.78 is 25.9. The molecule has 0 fully saturated rings. The lowest BCUT2D eigenvalue weighted by Gasteiger charge is -2.08. The van der Waals surface area contributed by atoms with Crippen molar-refractivity contribution in [2.24, 2.45) is 0 Å². The fourth-order valence-electron chi connectivity index (χ4n) is 2.36. The fraction of sp³-hybridized carbons (Fsp3) is 0.348. The van der Waals surface area contributed by atoms with Gasteiger partial charge in [-0.25, -0.2) is 9.59 Å². The molecular formula is C23H26O8. The van der Waals surface area contributed by atoms with E-state index in [0.717, 1.165) is 0 Å². The summed E-state index contributed by atoms with van der Waals surface area (Å²) in [6.45, 7) is 2.01. The molecule has 0 aromatic heterocycles. The molecule has 0 radical (unpaired) electrons. The van der Waals surface area contributed by atoms with Gasteiger partial charge in [-0.15, -0.1) is 0 Å². The summed E-state index contributed by atoms with van der Waals surface area (Å²) in [7, 11) is 0. The van der Waals surface area contributed by atoms with Crippen LogP contribution in [0.25, 0.3) is 0 Å². The summed E-state index contributed by atoms with van der Waals surface area (Å²) in [6, 6.07) is 17.0. The SMILES string of the molecule is O=C(OCCOCCOCCOCCOC(=O)c1ccccc1)C(=O)c1ccccc1. The number of hydrogen-bond donors (Lipinski definition) is 0. The van der Waals surface area contributed by atoms with Gasteiger partial charge >= 0.3 is 11.9 Å². The van der Waals surface area contributed by atoms with Crippen molar-refractivity contribution >= 4 is 17.7 Å². The molecule has 0 atom stereocenters. The predicted octanol–water partition coefficient (Wildman–Crippen LogP) is 2.32.